The third-order valence-corrected chi connectivity index (χ3v) is 9.34. The van der Waals surface area contributed by atoms with Crippen LogP contribution in [0, 0.1) is 28.6 Å². The maximum atomic E-state index is 14.1. The second-order valence-electron chi connectivity index (χ2n) is 10.7. The summed E-state index contributed by atoms with van der Waals surface area (Å²) in [6, 6.07) is 8.36. The summed E-state index contributed by atoms with van der Waals surface area (Å²) in [6.07, 6.45) is 11.7. The molecule has 4 aliphatic rings. The summed E-state index contributed by atoms with van der Waals surface area (Å²) >= 11 is 0. The van der Waals surface area contributed by atoms with Crippen LogP contribution in [0.25, 0.3) is 16.7 Å². The molecule has 1 heterocycles. The van der Waals surface area contributed by atoms with Crippen molar-refractivity contribution in [3.8, 4) is 0 Å². The van der Waals surface area contributed by atoms with Crippen LogP contribution in [0.2, 0.25) is 0 Å². The number of halogens is 2. The van der Waals surface area contributed by atoms with Crippen molar-refractivity contribution < 1.29 is 8.78 Å². The third kappa shape index (κ3) is 2.42. The molecule has 2 fully saturated rings. The average Bonchev–Trinajstić information content (AvgIpc) is 3.29. The van der Waals surface area contributed by atoms with Gasteiger partial charge in [-0.1, -0.05) is 43.7 Å². The number of benzene rings is 1. The molecule has 30 heavy (non-hydrogen) atoms. The summed E-state index contributed by atoms with van der Waals surface area (Å²) in [5, 5.41) is 0. The molecular weight excluding hydrogens is 378 g/mol. The van der Waals surface area contributed by atoms with E-state index < -0.39 is 5.92 Å². The molecule has 5 atom stereocenters. The van der Waals surface area contributed by atoms with Crippen molar-refractivity contribution in [3.05, 3.63) is 48.3 Å². The van der Waals surface area contributed by atoms with Crippen molar-refractivity contribution in [3.63, 3.8) is 0 Å². The Morgan fingerprint density at radius 2 is 1.80 bits per heavy atom. The number of aromatic nitrogens is 2. The van der Waals surface area contributed by atoms with E-state index in [1.807, 2.05) is 12.4 Å². The van der Waals surface area contributed by atoms with Gasteiger partial charge in [-0.05, 0) is 67.4 Å². The molecule has 0 amide bonds. The van der Waals surface area contributed by atoms with E-state index >= 15 is 0 Å². The molecule has 2 saturated carbocycles. The first kappa shape index (κ1) is 18.8. The van der Waals surface area contributed by atoms with E-state index in [-0.39, 0.29) is 23.7 Å². The van der Waals surface area contributed by atoms with Crippen LogP contribution in [0.15, 0.2) is 48.3 Å². The zero-order valence-corrected chi connectivity index (χ0v) is 17.9. The Morgan fingerprint density at radius 1 is 0.967 bits per heavy atom. The van der Waals surface area contributed by atoms with Crippen molar-refractivity contribution in [2.45, 2.75) is 64.7 Å². The molecule has 158 valence electrons. The van der Waals surface area contributed by atoms with Crippen LogP contribution in [-0.2, 0) is 0 Å². The molecule has 0 radical (unpaired) electrons. The van der Waals surface area contributed by atoms with Gasteiger partial charge >= 0.3 is 0 Å². The fraction of sp³-hybridized carbons (Fsp3) is 0.577. The molecule has 0 bridgehead atoms. The molecule has 2 nitrogen and oxygen atoms in total. The second-order valence-corrected chi connectivity index (χ2v) is 10.7. The predicted molar refractivity (Wildman–Crippen MR) is 116 cm³/mol. The lowest BCUT2D eigenvalue weighted by Crippen LogP contribution is -2.50. The zero-order valence-electron chi connectivity index (χ0n) is 17.9. The van der Waals surface area contributed by atoms with Gasteiger partial charge in [-0.3, -0.25) is 0 Å². The van der Waals surface area contributed by atoms with E-state index in [2.05, 4.69) is 53.7 Å². The highest BCUT2D eigenvalue weighted by molar-refractivity contribution is 5.80. The van der Waals surface area contributed by atoms with Crippen LogP contribution in [0.3, 0.4) is 0 Å². The summed E-state index contributed by atoms with van der Waals surface area (Å²) in [7, 11) is 0. The van der Waals surface area contributed by atoms with Gasteiger partial charge in [-0.2, -0.15) is 0 Å². The van der Waals surface area contributed by atoms with Crippen LogP contribution in [0.5, 0.6) is 0 Å². The van der Waals surface area contributed by atoms with Gasteiger partial charge in [-0.15, -0.1) is 0 Å². The number of nitrogens with zero attached hydrogens (tertiary/aromatic N) is 2. The van der Waals surface area contributed by atoms with E-state index in [0.717, 1.165) is 36.8 Å². The predicted octanol–water partition coefficient (Wildman–Crippen LogP) is 7.09. The largest absolute Gasteiger partial charge is 0.302 e. The standard InChI is InChI=1S/C26H30F2N2/c1-24-13-14-26(27,28)15-17(24)7-8-18-19-9-10-23(25(19,2)12-11-20(18)24)30-16-29-21-5-3-4-6-22(21)30/h3-7,10,16,18-20H,8-9,11-15H2,1-2H3/t18?,19?,20?,24-,25-/m0/s1. The topological polar surface area (TPSA) is 17.8 Å². The van der Waals surface area contributed by atoms with E-state index in [1.165, 1.54) is 11.2 Å². The summed E-state index contributed by atoms with van der Waals surface area (Å²) in [5.41, 5.74) is 4.77. The number of hydrogen-bond donors (Lipinski definition) is 0. The molecule has 2 aromatic rings. The zero-order chi connectivity index (χ0) is 20.7. The molecule has 4 aliphatic carbocycles. The number of fused-ring (bicyclic) bond motifs is 6. The number of allylic oxidation sites excluding steroid dienone is 4. The second kappa shape index (κ2) is 6.05. The molecule has 0 N–H and O–H groups in total. The Labute approximate surface area is 177 Å². The molecule has 1 aromatic carbocycles. The van der Waals surface area contributed by atoms with Gasteiger partial charge in [0, 0.05) is 24.0 Å². The van der Waals surface area contributed by atoms with Crippen LogP contribution in [-0.4, -0.2) is 15.5 Å². The smallest absolute Gasteiger partial charge is 0.251 e. The third-order valence-electron chi connectivity index (χ3n) is 9.34. The van der Waals surface area contributed by atoms with Crippen molar-refractivity contribution in [1.29, 1.82) is 0 Å². The van der Waals surface area contributed by atoms with Crippen molar-refractivity contribution in [2.24, 2.45) is 28.6 Å². The maximum Gasteiger partial charge on any atom is 0.251 e. The molecule has 0 saturated heterocycles. The van der Waals surface area contributed by atoms with Gasteiger partial charge in [0.05, 0.1) is 11.0 Å². The maximum absolute atomic E-state index is 14.1. The molecule has 0 aliphatic heterocycles. The van der Waals surface area contributed by atoms with Gasteiger partial charge in [0.1, 0.15) is 6.33 Å². The Bertz CT molecular complexity index is 1080. The Morgan fingerprint density at radius 3 is 2.67 bits per heavy atom. The Hall–Kier alpha value is -1.97. The first-order chi connectivity index (χ1) is 14.3. The number of imidazole rings is 1. The highest BCUT2D eigenvalue weighted by atomic mass is 19.3. The SMILES string of the molecule is C[C@]12CCC(F)(F)CC1=CCC1C2CC[C@]2(C)C(n3cnc4ccccc43)=CCC12. The molecule has 1 aromatic heterocycles. The van der Waals surface area contributed by atoms with E-state index in [1.54, 1.807) is 0 Å². The van der Waals surface area contributed by atoms with E-state index in [4.69, 9.17) is 0 Å². The highest BCUT2D eigenvalue weighted by Crippen LogP contribution is 2.66. The van der Waals surface area contributed by atoms with Crippen LogP contribution < -0.4 is 0 Å². The fourth-order valence-electron chi connectivity index (χ4n) is 7.66. The first-order valence-electron chi connectivity index (χ1n) is 11.5. The summed E-state index contributed by atoms with van der Waals surface area (Å²) < 4.78 is 30.6. The number of alkyl halides is 2. The number of hydrogen-bond acceptors (Lipinski definition) is 1. The quantitative estimate of drug-likeness (QED) is 0.461. The monoisotopic (exact) mass is 408 g/mol. The van der Waals surface area contributed by atoms with Gasteiger partial charge in [0.15, 0.2) is 0 Å². The minimum atomic E-state index is -2.51. The lowest BCUT2D eigenvalue weighted by Gasteiger charge is -2.57. The van der Waals surface area contributed by atoms with E-state index in [9.17, 15) is 8.78 Å². The van der Waals surface area contributed by atoms with Gasteiger partial charge in [0.25, 0.3) is 5.92 Å². The lowest BCUT2D eigenvalue weighted by molar-refractivity contribution is -0.0760. The Kier molecular flexibility index (Phi) is 3.78. The minimum Gasteiger partial charge on any atom is -0.302 e. The summed E-state index contributed by atoms with van der Waals surface area (Å²) in [5.74, 6) is -0.789. The molecular formula is C26H30F2N2. The molecule has 6 rings (SSSR count). The number of rotatable bonds is 1. The molecule has 0 spiro atoms. The van der Waals surface area contributed by atoms with E-state index in [0.29, 0.717) is 24.2 Å². The Balaban J connectivity index is 1.35. The summed E-state index contributed by atoms with van der Waals surface area (Å²) in [4.78, 5) is 4.63. The van der Waals surface area contributed by atoms with Crippen molar-refractivity contribution >= 4 is 16.7 Å². The van der Waals surface area contributed by atoms with Gasteiger partial charge in [0.2, 0.25) is 0 Å². The highest BCUT2D eigenvalue weighted by Gasteiger charge is 2.58. The van der Waals surface area contributed by atoms with Crippen LogP contribution >= 0.6 is 0 Å². The van der Waals surface area contributed by atoms with Crippen LogP contribution in [0.1, 0.15) is 58.8 Å². The van der Waals surface area contributed by atoms with Crippen molar-refractivity contribution in [2.75, 3.05) is 0 Å². The van der Waals surface area contributed by atoms with Gasteiger partial charge < -0.3 is 4.57 Å². The lowest BCUT2D eigenvalue weighted by atomic mass is 9.47. The van der Waals surface area contributed by atoms with Crippen molar-refractivity contribution in [1.82, 2.24) is 9.55 Å². The molecule has 3 unspecified atom stereocenters. The first-order valence-corrected chi connectivity index (χ1v) is 11.5. The number of para-hydroxylation sites is 2. The van der Waals surface area contributed by atoms with Gasteiger partial charge in [-0.25, -0.2) is 13.8 Å². The van der Waals surface area contributed by atoms with Crippen LogP contribution in [0.4, 0.5) is 8.78 Å². The average molecular weight is 409 g/mol. The minimum absolute atomic E-state index is 0.0147. The normalized spacial score (nSPS) is 39.7. The fourth-order valence-corrected chi connectivity index (χ4v) is 7.66. The summed E-state index contributed by atoms with van der Waals surface area (Å²) in [6.45, 7) is 4.73. The molecule has 4 heteroatoms.